The predicted octanol–water partition coefficient (Wildman–Crippen LogP) is 4.87. The van der Waals surface area contributed by atoms with Gasteiger partial charge in [0.25, 0.3) is 5.91 Å². The molecule has 0 aliphatic heterocycles. The third kappa shape index (κ3) is 6.08. The van der Waals surface area contributed by atoms with Gasteiger partial charge in [0.1, 0.15) is 0 Å². The Labute approximate surface area is 197 Å². The van der Waals surface area contributed by atoms with Gasteiger partial charge in [0.2, 0.25) is 15.2 Å². The van der Waals surface area contributed by atoms with Crippen LogP contribution in [0.5, 0.6) is 0 Å². The van der Waals surface area contributed by atoms with Crippen molar-refractivity contribution in [2.24, 2.45) is 0 Å². The van der Waals surface area contributed by atoms with Crippen LogP contribution in [0.25, 0.3) is 0 Å². The first-order valence-electron chi connectivity index (χ1n) is 9.99. The number of sulfonamides is 1. The van der Waals surface area contributed by atoms with E-state index in [1.807, 2.05) is 32.0 Å². The molecule has 1 heterocycles. The summed E-state index contributed by atoms with van der Waals surface area (Å²) >= 11 is 2.93. The van der Waals surface area contributed by atoms with E-state index in [2.05, 4.69) is 29.4 Å². The van der Waals surface area contributed by atoms with Crippen molar-refractivity contribution >= 4 is 49.8 Å². The molecule has 170 valence electrons. The zero-order valence-electron chi connectivity index (χ0n) is 18.6. The highest BCUT2D eigenvalue weighted by molar-refractivity contribution is 8.01. The molecule has 0 bridgehead atoms. The van der Waals surface area contributed by atoms with Crippen LogP contribution >= 0.6 is 23.1 Å². The molecule has 0 radical (unpaired) electrons. The van der Waals surface area contributed by atoms with E-state index in [0.717, 1.165) is 21.0 Å². The molecule has 1 N–H and O–H groups in total. The summed E-state index contributed by atoms with van der Waals surface area (Å²) in [5, 5.41) is 11.7. The van der Waals surface area contributed by atoms with E-state index in [1.54, 1.807) is 36.0 Å². The second-order valence-electron chi connectivity index (χ2n) is 7.70. The van der Waals surface area contributed by atoms with Crippen molar-refractivity contribution in [3.8, 4) is 0 Å². The van der Waals surface area contributed by atoms with Crippen LogP contribution in [0.3, 0.4) is 0 Å². The van der Waals surface area contributed by atoms with Crippen molar-refractivity contribution in [1.82, 2.24) is 10.2 Å². The van der Waals surface area contributed by atoms with Crippen LogP contribution in [0.1, 0.15) is 40.9 Å². The molecule has 3 rings (SSSR count). The van der Waals surface area contributed by atoms with Gasteiger partial charge in [-0.25, -0.2) is 8.42 Å². The summed E-state index contributed by atoms with van der Waals surface area (Å²) in [6.07, 6.45) is 1.20. The fourth-order valence-electron chi connectivity index (χ4n) is 3.17. The van der Waals surface area contributed by atoms with E-state index >= 15 is 0 Å². The van der Waals surface area contributed by atoms with E-state index in [1.165, 1.54) is 21.9 Å². The maximum Gasteiger partial charge on any atom is 0.257 e. The number of carbonyl (C=O) groups excluding carboxylic acids is 1. The highest BCUT2D eigenvalue weighted by Gasteiger charge is 2.21. The SMILES string of the molecule is Cc1cccc(C)c1N(Cc1ccc(C(=O)Nc2nnc(SC(C)C)s2)cc1)S(C)(=O)=O. The molecule has 1 aromatic heterocycles. The molecular formula is C22H26N4O3S3. The maximum absolute atomic E-state index is 12.6. The molecule has 0 fully saturated rings. The molecule has 3 aromatic rings. The molecule has 0 saturated heterocycles. The monoisotopic (exact) mass is 490 g/mol. The second kappa shape index (κ2) is 10.0. The van der Waals surface area contributed by atoms with Crippen LogP contribution in [0, 0.1) is 13.8 Å². The number of thioether (sulfide) groups is 1. The molecule has 32 heavy (non-hydrogen) atoms. The summed E-state index contributed by atoms with van der Waals surface area (Å²) in [5.41, 5.74) is 3.70. The number of benzene rings is 2. The number of hydrogen-bond donors (Lipinski definition) is 1. The number of anilines is 2. The van der Waals surface area contributed by atoms with E-state index in [9.17, 15) is 13.2 Å². The van der Waals surface area contributed by atoms with E-state index in [4.69, 9.17) is 0 Å². The largest absolute Gasteiger partial charge is 0.296 e. The lowest BCUT2D eigenvalue weighted by Gasteiger charge is -2.26. The first-order valence-corrected chi connectivity index (χ1v) is 13.5. The molecule has 1 amide bonds. The van der Waals surface area contributed by atoms with Crippen LogP contribution in [-0.4, -0.2) is 36.0 Å². The Balaban J connectivity index is 1.75. The van der Waals surface area contributed by atoms with Gasteiger partial charge in [-0.3, -0.25) is 14.4 Å². The number of aryl methyl sites for hydroxylation is 2. The lowest BCUT2D eigenvalue weighted by atomic mass is 10.1. The van der Waals surface area contributed by atoms with Crippen molar-refractivity contribution in [1.29, 1.82) is 0 Å². The molecular weight excluding hydrogens is 464 g/mol. The van der Waals surface area contributed by atoms with Gasteiger partial charge in [-0.15, -0.1) is 10.2 Å². The number of nitrogens with zero attached hydrogens (tertiary/aromatic N) is 3. The maximum atomic E-state index is 12.6. The van der Waals surface area contributed by atoms with Crippen LogP contribution in [-0.2, 0) is 16.6 Å². The lowest BCUT2D eigenvalue weighted by Crippen LogP contribution is -2.30. The van der Waals surface area contributed by atoms with Gasteiger partial charge in [-0.2, -0.15) is 0 Å². The number of nitrogens with one attached hydrogen (secondary N) is 1. The average molecular weight is 491 g/mol. The number of carbonyl (C=O) groups is 1. The Hall–Kier alpha value is -2.43. The molecule has 0 spiro atoms. The highest BCUT2D eigenvalue weighted by atomic mass is 32.2. The molecule has 0 atom stereocenters. The Morgan fingerprint density at radius 3 is 2.28 bits per heavy atom. The molecule has 0 saturated carbocycles. The van der Waals surface area contributed by atoms with Gasteiger partial charge >= 0.3 is 0 Å². The zero-order chi connectivity index (χ0) is 23.5. The molecule has 0 aliphatic rings. The molecule has 7 nitrogen and oxygen atoms in total. The van der Waals surface area contributed by atoms with Gasteiger partial charge < -0.3 is 0 Å². The fourth-order valence-corrected chi connectivity index (χ4v) is 6.14. The molecule has 0 unspecified atom stereocenters. The zero-order valence-corrected chi connectivity index (χ0v) is 21.1. The predicted molar refractivity (Wildman–Crippen MR) is 132 cm³/mol. The minimum absolute atomic E-state index is 0.179. The Morgan fingerprint density at radius 2 is 1.72 bits per heavy atom. The second-order valence-corrected chi connectivity index (χ2v) is 12.4. The van der Waals surface area contributed by atoms with Crippen molar-refractivity contribution < 1.29 is 13.2 Å². The van der Waals surface area contributed by atoms with E-state index in [0.29, 0.717) is 21.6 Å². The van der Waals surface area contributed by atoms with Gasteiger partial charge in [-0.05, 0) is 42.7 Å². The summed E-state index contributed by atoms with van der Waals surface area (Å²) < 4.78 is 27.3. The topological polar surface area (TPSA) is 92.3 Å². The van der Waals surface area contributed by atoms with E-state index in [-0.39, 0.29) is 12.5 Å². The number of aromatic nitrogens is 2. The fraction of sp³-hybridized carbons (Fsp3) is 0.318. The van der Waals surface area contributed by atoms with Crippen LogP contribution in [0.15, 0.2) is 46.8 Å². The Morgan fingerprint density at radius 1 is 1.09 bits per heavy atom. The normalized spacial score (nSPS) is 11.6. The first kappa shape index (κ1) is 24.2. The number of amides is 1. The minimum atomic E-state index is -3.50. The molecule has 10 heteroatoms. The summed E-state index contributed by atoms with van der Waals surface area (Å²) in [6, 6.07) is 12.6. The summed E-state index contributed by atoms with van der Waals surface area (Å²) in [7, 11) is -3.50. The van der Waals surface area contributed by atoms with Crippen molar-refractivity contribution in [3.63, 3.8) is 0 Å². The summed E-state index contributed by atoms with van der Waals surface area (Å²) in [6.45, 7) is 8.10. The average Bonchev–Trinajstić information content (AvgIpc) is 3.12. The standard InChI is InChI=1S/C22H26N4O3S3/c1-14(2)30-22-25-24-21(31-22)23-20(27)18-11-9-17(10-12-18)13-26(32(5,28)29)19-15(3)7-6-8-16(19)4/h6-12,14H,13H2,1-5H3,(H,23,24,27). The Kier molecular flexibility index (Phi) is 7.58. The third-order valence-corrected chi connectivity index (χ3v) is 7.63. The number of hydrogen-bond acceptors (Lipinski definition) is 7. The number of rotatable bonds is 8. The van der Waals surface area contributed by atoms with Gasteiger partial charge in [0, 0.05) is 10.8 Å². The van der Waals surface area contributed by atoms with Gasteiger partial charge in [0.05, 0.1) is 18.5 Å². The lowest BCUT2D eigenvalue weighted by molar-refractivity contribution is 0.102. The van der Waals surface area contributed by atoms with Gasteiger partial charge in [0.15, 0.2) is 4.34 Å². The third-order valence-electron chi connectivity index (χ3n) is 4.59. The highest BCUT2D eigenvalue weighted by Crippen LogP contribution is 2.30. The van der Waals surface area contributed by atoms with Gasteiger partial charge in [-0.1, -0.05) is 67.3 Å². The molecule has 0 aliphatic carbocycles. The minimum Gasteiger partial charge on any atom is -0.296 e. The summed E-state index contributed by atoms with van der Waals surface area (Å²) in [5.74, 6) is -0.288. The smallest absolute Gasteiger partial charge is 0.257 e. The van der Waals surface area contributed by atoms with Crippen LogP contribution in [0.2, 0.25) is 0 Å². The number of para-hydroxylation sites is 1. The van der Waals surface area contributed by atoms with E-state index < -0.39 is 10.0 Å². The molecule has 2 aromatic carbocycles. The van der Waals surface area contributed by atoms with Crippen LogP contribution < -0.4 is 9.62 Å². The first-order chi connectivity index (χ1) is 15.0. The Bertz CT molecular complexity index is 1190. The summed E-state index contributed by atoms with van der Waals surface area (Å²) in [4.78, 5) is 12.6. The van der Waals surface area contributed by atoms with Crippen LogP contribution in [0.4, 0.5) is 10.8 Å². The van der Waals surface area contributed by atoms with Crippen molar-refractivity contribution in [3.05, 3.63) is 64.7 Å². The van der Waals surface area contributed by atoms with Crippen molar-refractivity contribution in [2.45, 2.75) is 43.8 Å². The van der Waals surface area contributed by atoms with Crippen molar-refractivity contribution in [2.75, 3.05) is 15.9 Å². The quantitative estimate of drug-likeness (QED) is 0.358.